The SMILES string of the molecule is C=CCCOC(=O)c1c(O)cc(O)cc1C/C(CCCC)=N/OCC(=O)OC.CCC. The molecule has 0 bridgehead atoms. The van der Waals surface area contributed by atoms with Gasteiger partial charge in [0, 0.05) is 12.5 Å². The number of aromatic hydroxyl groups is 2. The lowest BCUT2D eigenvalue weighted by atomic mass is 9.98. The van der Waals surface area contributed by atoms with Crippen molar-refractivity contribution < 1.29 is 34.1 Å². The topological polar surface area (TPSA) is 115 Å². The van der Waals surface area contributed by atoms with Crippen LogP contribution in [0.25, 0.3) is 0 Å². The number of ether oxygens (including phenoxy) is 2. The number of carbonyl (C=O) groups is 2. The van der Waals surface area contributed by atoms with Gasteiger partial charge < -0.3 is 24.5 Å². The standard InChI is InChI=1S/C20H27NO7.C3H8/c1-4-6-8-15(21-28-13-18(24)26-3)10-14-11-16(22)12-17(23)19(14)20(25)27-9-7-5-2;1-3-2/h5,11-12,22-23H,2,4,6-10,13H2,1,3H3;3H2,1-2H3/b21-15+;. The first-order valence-electron chi connectivity index (χ1n) is 10.4. The van der Waals surface area contributed by atoms with Gasteiger partial charge in [-0.1, -0.05) is 44.8 Å². The Balaban J connectivity index is 0.00000282. The van der Waals surface area contributed by atoms with E-state index in [4.69, 9.17) is 9.57 Å². The van der Waals surface area contributed by atoms with Crippen LogP contribution < -0.4 is 0 Å². The van der Waals surface area contributed by atoms with Gasteiger partial charge in [-0.2, -0.15) is 0 Å². The molecule has 0 heterocycles. The molecule has 0 saturated carbocycles. The van der Waals surface area contributed by atoms with Crippen molar-refractivity contribution in [2.75, 3.05) is 20.3 Å². The predicted octanol–water partition coefficient (Wildman–Crippen LogP) is 4.53. The zero-order valence-corrected chi connectivity index (χ0v) is 19.0. The Morgan fingerprint density at radius 2 is 1.87 bits per heavy atom. The van der Waals surface area contributed by atoms with Crippen molar-refractivity contribution >= 4 is 17.7 Å². The van der Waals surface area contributed by atoms with E-state index in [2.05, 4.69) is 30.3 Å². The lowest BCUT2D eigenvalue weighted by Gasteiger charge is -2.13. The number of methoxy groups -OCH3 is 1. The maximum Gasteiger partial charge on any atom is 0.346 e. The minimum Gasteiger partial charge on any atom is -0.508 e. The average Bonchev–Trinajstić information content (AvgIpc) is 2.71. The molecule has 1 aromatic carbocycles. The summed E-state index contributed by atoms with van der Waals surface area (Å²) in [4.78, 5) is 28.6. The fourth-order valence-electron chi connectivity index (χ4n) is 2.35. The van der Waals surface area contributed by atoms with Gasteiger partial charge in [0.2, 0.25) is 6.61 Å². The number of phenolic OH excluding ortho intramolecular Hbond substituents is 2. The lowest BCUT2D eigenvalue weighted by Crippen LogP contribution is -2.14. The zero-order valence-electron chi connectivity index (χ0n) is 19.0. The molecule has 0 atom stereocenters. The van der Waals surface area contributed by atoms with Crippen LogP contribution in [0.2, 0.25) is 0 Å². The number of hydrogen-bond acceptors (Lipinski definition) is 8. The smallest absolute Gasteiger partial charge is 0.346 e. The Hall–Kier alpha value is -3.03. The van der Waals surface area contributed by atoms with Gasteiger partial charge in [-0.15, -0.1) is 6.58 Å². The van der Waals surface area contributed by atoms with E-state index < -0.39 is 11.9 Å². The Labute approximate surface area is 184 Å². The van der Waals surface area contributed by atoms with Crippen molar-refractivity contribution in [2.24, 2.45) is 5.16 Å². The van der Waals surface area contributed by atoms with Gasteiger partial charge in [-0.3, -0.25) is 0 Å². The summed E-state index contributed by atoms with van der Waals surface area (Å²) in [5, 5.41) is 23.9. The van der Waals surface area contributed by atoms with Gasteiger partial charge in [0.15, 0.2) is 0 Å². The third-order valence-electron chi connectivity index (χ3n) is 3.76. The Bertz CT molecular complexity index is 729. The van der Waals surface area contributed by atoms with Crippen LogP contribution in [0.1, 0.15) is 68.8 Å². The summed E-state index contributed by atoms with van der Waals surface area (Å²) in [5.41, 5.74) is 0.854. The van der Waals surface area contributed by atoms with E-state index in [0.29, 0.717) is 24.1 Å². The number of oxime groups is 1. The summed E-state index contributed by atoms with van der Waals surface area (Å²) < 4.78 is 9.63. The van der Waals surface area contributed by atoms with Gasteiger partial charge in [0.25, 0.3) is 0 Å². The van der Waals surface area contributed by atoms with Crippen LogP contribution >= 0.6 is 0 Å². The zero-order chi connectivity index (χ0) is 23.6. The first-order valence-corrected chi connectivity index (χ1v) is 10.4. The molecule has 0 aliphatic heterocycles. The minimum absolute atomic E-state index is 0.0426. The van der Waals surface area contributed by atoms with E-state index in [1.54, 1.807) is 6.08 Å². The number of carbonyl (C=O) groups excluding carboxylic acids is 2. The molecule has 0 saturated heterocycles. The highest BCUT2D eigenvalue weighted by Gasteiger charge is 2.21. The fourth-order valence-corrected chi connectivity index (χ4v) is 2.35. The first kappa shape index (κ1) is 28.0. The van der Waals surface area contributed by atoms with Crippen LogP contribution in [0, 0.1) is 0 Å². The molecule has 0 amide bonds. The van der Waals surface area contributed by atoms with Gasteiger partial charge in [-0.05, 0) is 30.9 Å². The van der Waals surface area contributed by atoms with Gasteiger partial charge >= 0.3 is 11.9 Å². The van der Waals surface area contributed by atoms with Crippen LogP contribution in [0.5, 0.6) is 11.5 Å². The van der Waals surface area contributed by atoms with Crippen LogP contribution in [-0.2, 0) is 25.5 Å². The molecule has 8 heteroatoms. The number of benzene rings is 1. The summed E-state index contributed by atoms with van der Waals surface area (Å²) in [6.07, 6.45) is 5.74. The normalized spacial score (nSPS) is 10.5. The number of unbranched alkanes of at least 4 members (excludes halogenated alkanes) is 1. The number of phenols is 2. The predicted molar refractivity (Wildman–Crippen MR) is 119 cm³/mol. The fraction of sp³-hybridized carbons (Fsp3) is 0.522. The number of nitrogens with zero attached hydrogens (tertiary/aromatic N) is 1. The second-order valence-electron chi connectivity index (χ2n) is 6.71. The van der Waals surface area contributed by atoms with Crippen LogP contribution in [0.4, 0.5) is 0 Å². The third-order valence-corrected chi connectivity index (χ3v) is 3.76. The molecular weight excluding hydrogens is 402 g/mol. The van der Waals surface area contributed by atoms with E-state index >= 15 is 0 Å². The molecule has 0 aliphatic rings. The van der Waals surface area contributed by atoms with Crippen molar-refractivity contribution in [3.05, 3.63) is 35.9 Å². The Morgan fingerprint density at radius 3 is 2.45 bits per heavy atom. The van der Waals surface area contributed by atoms with E-state index in [0.717, 1.165) is 18.9 Å². The van der Waals surface area contributed by atoms with E-state index in [-0.39, 0.29) is 36.7 Å². The molecule has 2 N–H and O–H groups in total. The summed E-state index contributed by atoms with van der Waals surface area (Å²) >= 11 is 0. The summed E-state index contributed by atoms with van der Waals surface area (Å²) in [7, 11) is 1.24. The molecule has 0 spiro atoms. The van der Waals surface area contributed by atoms with Crippen molar-refractivity contribution in [1.82, 2.24) is 0 Å². The second kappa shape index (κ2) is 16.7. The largest absolute Gasteiger partial charge is 0.508 e. The van der Waals surface area contributed by atoms with Crippen LogP contribution in [0.15, 0.2) is 29.9 Å². The Morgan fingerprint density at radius 1 is 1.19 bits per heavy atom. The van der Waals surface area contributed by atoms with Crippen molar-refractivity contribution in [1.29, 1.82) is 0 Å². The molecule has 0 aromatic heterocycles. The summed E-state index contributed by atoms with van der Waals surface area (Å²) in [6.45, 7) is 9.60. The quantitative estimate of drug-likeness (QED) is 0.162. The number of rotatable bonds is 12. The molecular formula is C23H35NO7. The lowest BCUT2D eigenvalue weighted by molar-refractivity contribution is -0.145. The molecule has 174 valence electrons. The van der Waals surface area contributed by atoms with E-state index in [9.17, 15) is 19.8 Å². The van der Waals surface area contributed by atoms with E-state index in [1.165, 1.54) is 19.6 Å². The average molecular weight is 438 g/mol. The maximum atomic E-state index is 12.4. The third kappa shape index (κ3) is 11.7. The van der Waals surface area contributed by atoms with Crippen molar-refractivity contribution in [3.63, 3.8) is 0 Å². The number of esters is 2. The van der Waals surface area contributed by atoms with Crippen molar-refractivity contribution in [2.45, 2.75) is 59.3 Å². The van der Waals surface area contributed by atoms with Gasteiger partial charge in [0.1, 0.15) is 17.1 Å². The molecule has 8 nitrogen and oxygen atoms in total. The van der Waals surface area contributed by atoms with Gasteiger partial charge in [-0.25, -0.2) is 9.59 Å². The molecule has 31 heavy (non-hydrogen) atoms. The number of hydrogen-bond donors (Lipinski definition) is 2. The minimum atomic E-state index is -0.709. The highest BCUT2D eigenvalue weighted by Crippen LogP contribution is 2.29. The highest BCUT2D eigenvalue weighted by molar-refractivity contribution is 5.97. The summed E-state index contributed by atoms with van der Waals surface area (Å²) in [5.74, 6) is -1.86. The first-order chi connectivity index (χ1) is 14.8. The second-order valence-corrected chi connectivity index (χ2v) is 6.71. The van der Waals surface area contributed by atoms with Crippen LogP contribution in [-0.4, -0.2) is 48.2 Å². The monoisotopic (exact) mass is 437 g/mol. The molecule has 0 unspecified atom stereocenters. The highest BCUT2D eigenvalue weighted by atomic mass is 16.6. The Kier molecular flexibility index (Phi) is 15.1. The molecule has 0 aliphatic carbocycles. The van der Waals surface area contributed by atoms with Crippen LogP contribution in [0.3, 0.4) is 0 Å². The van der Waals surface area contributed by atoms with E-state index in [1.807, 2.05) is 6.92 Å². The van der Waals surface area contributed by atoms with Crippen molar-refractivity contribution in [3.8, 4) is 11.5 Å². The molecule has 1 aromatic rings. The summed E-state index contributed by atoms with van der Waals surface area (Å²) in [6, 6.07) is 2.44. The molecule has 1 rings (SSSR count). The van der Waals surface area contributed by atoms with Gasteiger partial charge in [0.05, 0.1) is 19.4 Å². The molecule has 0 radical (unpaired) electrons. The maximum absolute atomic E-state index is 12.4. The molecule has 0 fully saturated rings.